The molecular weight excluding hydrogens is 254 g/mol. The van der Waals surface area contributed by atoms with Crippen LogP contribution in [0, 0.1) is 0 Å². The zero-order valence-corrected chi connectivity index (χ0v) is 11.1. The standard InChI is InChI=1S/C12H16BrNO/c1-12(2,11(15)14(3)4)9-6-5-7-10(13)8-9/h5-8H,1-4H3. The molecule has 0 spiro atoms. The van der Waals surface area contributed by atoms with Gasteiger partial charge in [0.15, 0.2) is 0 Å². The molecule has 15 heavy (non-hydrogen) atoms. The van der Waals surface area contributed by atoms with Gasteiger partial charge in [-0.05, 0) is 31.5 Å². The van der Waals surface area contributed by atoms with E-state index in [1.54, 1.807) is 19.0 Å². The number of benzene rings is 1. The molecule has 0 unspecified atom stereocenters. The van der Waals surface area contributed by atoms with Crippen molar-refractivity contribution in [3.8, 4) is 0 Å². The highest BCUT2D eigenvalue weighted by Gasteiger charge is 2.31. The number of hydrogen-bond acceptors (Lipinski definition) is 1. The number of carbonyl (C=O) groups excluding carboxylic acids is 1. The van der Waals surface area contributed by atoms with Crippen LogP contribution in [0.25, 0.3) is 0 Å². The molecule has 0 saturated heterocycles. The molecule has 0 atom stereocenters. The number of nitrogens with zero attached hydrogens (tertiary/aromatic N) is 1. The van der Waals surface area contributed by atoms with E-state index in [1.165, 1.54) is 0 Å². The zero-order chi connectivity index (χ0) is 11.6. The molecule has 0 aliphatic rings. The van der Waals surface area contributed by atoms with Crippen LogP contribution in [0.2, 0.25) is 0 Å². The zero-order valence-electron chi connectivity index (χ0n) is 9.54. The van der Waals surface area contributed by atoms with Gasteiger partial charge in [-0.1, -0.05) is 28.1 Å². The molecule has 0 aliphatic heterocycles. The lowest BCUT2D eigenvalue weighted by molar-refractivity contribution is -0.133. The van der Waals surface area contributed by atoms with Crippen molar-refractivity contribution in [1.82, 2.24) is 4.90 Å². The lowest BCUT2D eigenvalue weighted by Gasteiger charge is -2.27. The van der Waals surface area contributed by atoms with Gasteiger partial charge in [0.1, 0.15) is 0 Å². The molecular formula is C12H16BrNO. The van der Waals surface area contributed by atoms with Crippen molar-refractivity contribution in [3.63, 3.8) is 0 Å². The minimum atomic E-state index is -0.479. The summed E-state index contributed by atoms with van der Waals surface area (Å²) < 4.78 is 1.000. The molecule has 1 aromatic rings. The monoisotopic (exact) mass is 269 g/mol. The van der Waals surface area contributed by atoms with E-state index in [-0.39, 0.29) is 5.91 Å². The first kappa shape index (κ1) is 12.2. The van der Waals surface area contributed by atoms with E-state index < -0.39 is 5.41 Å². The third-order valence-electron chi connectivity index (χ3n) is 2.49. The summed E-state index contributed by atoms with van der Waals surface area (Å²) in [7, 11) is 3.56. The fourth-order valence-corrected chi connectivity index (χ4v) is 1.96. The molecule has 1 aromatic carbocycles. The molecule has 1 rings (SSSR count). The Bertz CT molecular complexity index is 372. The maximum atomic E-state index is 12.0. The predicted molar refractivity (Wildman–Crippen MR) is 65.9 cm³/mol. The molecule has 0 bridgehead atoms. The Morgan fingerprint density at radius 2 is 1.93 bits per heavy atom. The summed E-state index contributed by atoms with van der Waals surface area (Å²) >= 11 is 3.42. The van der Waals surface area contributed by atoms with Crippen LogP contribution in [0.3, 0.4) is 0 Å². The molecule has 0 N–H and O–H groups in total. The molecule has 3 heteroatoms. The van der Waals surface area contributed by atoms with E-state index >= 15 is 0 Å². The summed E-state index contributed by atoms with van der Waals surface area (Å²) in [5, 5.41) is 0. The van der Waals surface area contributed by atoms with Crippen LogP contribution < -0.4 is 0 Å². The van der Waals surface area contributed by atoms with Gasteiger partial charge in [0.25, 0.3) is 0 Å². The van der Waals surface area contributed by atoms with Crippen molar-refractivity contribution in [2.24, 2.45) is 0 Å². The topological polar surface area (TPSA) is 20.3 Å². The van der Waals surface area contributed by atoms with Gasteiger partial charge in [-0.3, -0.25) is 4.79 Å². The predicted octanol–water partition coefficient (Wildman–Crippen LogP) is 2.81. The summed E-state index contributed by atoms with van der Waals surface area (Å²) in [5.74, 6) is 0.112. The van der Waals surface area contributed by atoms with Gasteiger partial charge < -0.3 is 4.90 Å². The fraction of sp³-hybridized carbons (Fsp3) is 0.417. The smallest absolute Gasteiger partial charge is 0.232 e. The number of carbonyl (C=O) groups is 1. The molecule has 0 heterocycles. The number of likely N-dealkylation sites (N-methyl/N-ethyl adjacent to an activating group) is 1. The summed E-state index contributed by atoms with van der Waals surface area (Å²) in [4.78, 5) is 13.6. The lowest BCUT2D eigenvalue weighted by Crippen LogP contribution is -2.39. The Morgan fingerprint density at radius 3 is 2.40 bits per heavy atom. The van der Waals surface area contributed by atoms with Crippen LogP contribution in [-0.4, -0.2) is 24.9 Å². The van der Waals surface area contributed by atoms with E-state index in [4.69, 9.17) is 0 Å². The molecule has 2 nitrogen and oxygen atoms in total. The van der Waals surface area contributed by atoms with Crippen LogP contribution >= 0.6 is 15.9 Å². The number of rotatable bonds is 2. The Kier molecular flexibility index (Phi) is 3.55. The molecule has 0 radical (unpaired) electrons. The minimum absolute atomic E-state index is 0.112. The van der Waals surface area contributed by atoms with Crippen LogP contribution in [0.5, 0.6) is 0 Å². The third-order valence-corrected chi connectivity index (χ3v) is 2.98. The molecule has 1 amide bonds. The van der Waals surface area contributed by atoms with Gasteiger partial charge in [-0.25, -0.2) is 0 Å². The van der Waals surface area contributed by atoms with Crippen molar-refractivity contribution in [3.05, 3.63) is 34.3 Å². The van der Waals surface area contributed by atoms with Crippen LogP contribution in [0.1, 0.15) is 19.4 Å². The van der Waals surface area contributed by atoms with Crippen molar-refractivity contribution in [2.75, 3.05) is 14.1 Å². The van der Waals surface area contributed by atoms with Crippen LogP contribution in [-0.2, 0) is 10.2 Å². The van der Waals surface area contributed by atoms with Crippen molar-refractivity contribution >= 4 is 21.8 Å². The summed E-state index contributed by atoms with van der Waals surface area (Å²) in [6.45, 7) is 3.88. The highest BCUT2D eigenvalue weighted by Crippen LogP contribution is 2.27. The minimum Gasteiger partial charge on any atom is -0.348 e. The third kappa shape index (κ3) is 2.59. The average Bonchev–Trinajstić information content (AvgIpc) is 2.16. The number of halogens is 1. The van der Waals surface area contributed by atoms with E-state index in [0.717, 1.165) is 10.0 Å². The SMILES string of the molecule is CN(C)C(=O)C(C)(C)c1cccc(Br)c1. The highest BCUT2D eigenvalue weighted by atomic mass is 79.9. The van der Waals surface area contributed by atoms with E-state index in [9.17, 15) is 4.79 Å². The molecule has 0 aromatic heterocycles. The van der Waals surface area contributed by atoms with Crippen molar-refractivity contribution < 1.29 is 4.79 Å². The maximum absolute atomic E-state index is 12.0. The maximum Gasteiger partial charge on any atom is 0.232 e. The first-order valence-corrected chi connectivity index (χ1v) is 5.63. The molecule has 0 aliphatic carbocycles. The second-order valence-corrected chi connectivity index (χ2v) is 5.25. The number of hydrogen-bond donors (Lipinski definition) is 0. The van der Waals surface area contributed by atoms with Gasteiger partial charge in [0.05, 0.1) is 5.41 Å². The van der Waals surface area contributed by atoms with Crippen LogP contribution in [0.15, 0.2) is 28.7 Å². The fourth-order valence-electron chi connectivity index (χ4n) is 1.56. The number of amides is 1. The second-order valence-electron chi connectivity index (χ2n) is 4.33. The van der Waals surface area contributed by atoms with Gasteiger partial charge in [0.2, 0.25) is 5.91 Å². The van der Waals surface area contributed by atoms with Gasteiger partial charge in [-0.15, -0.1) is 0 Å². The molecule has 82 valence electrons. The summed E-state index contributed by atoms with van der Waals surface area (Å²) in [6, 6.07) is 7.87. The van der Waals surface area contributed by atoms with Gasteiger partial charge in [-0.2, -0.15) is 0 Å². The first-order chi connectivity index (χ1) is 6.85. The first-order valence-electron chi connectivity index (χ1n) is 4.83. The molecule has 0 fully saturated rings. The quantitative estimate of drug-likeness (QED) is 0.809. The van der Waals surface area contributed by atoms with E-state index in [2.05, 4.69) is 15.9 Å². The van der Waals surface area contributed by atoms with Gasteiger partial charge >= 0.3 is 0 Å². The Morgan fingerprint density at radius 1 is 1.33 bits per heavy atom. The van der Waals surface area contributed by atoms with E-state index in [0.29, 0.717) is 0 Å². The Labute approximate surface area is 99.4 Å². The van der Waals surface area contributed by atoms with Gasteiger partial charge in [0, 0.05) is 18.6 Å². The second kappa shape index (κ2) is 4.35. The van der Waals surface area contributed by atoms with Crippen molar-refractivity contribution in [2.45, 2.75) is 19.3 Å². The largest absolute Gasteiger partial charge is 0.348 e. The molecule has 0 saturated carbocycles. The Hall–Kier alpha value is -0.830. The average molecular weight is 270 g/mol. The summed E-state index contributed by atoms with van der Waals surface area (Å²) in [5.41, 5.74) is 0.545. The normalized spacial score (nSPS) is 11.3. The highest BCUT2D eigenvalue weighted by molar-refractivity contribution is 9.10. The van der Waals surface area contributed by atoms with Crippen molar-refractivity contribution in [1.29, 1.82) is 0 Å². The Balaban J connectivity index is 3.10. The summed E-state index contributed by atoms with van der Waals surface area (Å²) in [6.07, 6.45) is 0. The van der Waals surface area contributed by atoms with E-state index in [1.807, 2.05) is 38.1 Å². The lowest BCUT2D eigenvalue weighted by atomic mass is 9.83. The van der Waals surface area contributed by atoms with Crippen LogP contribution in [0.4, 0.5) is 0 Å².